The van der Waals surface area contributed by atoms with Crippen molar-refractivity contribution in [1.82, 2.24) is 0 Å². The number of allylic oxidation sites excluding steroid dienone is 3. The molecule has 5 aliphatic carbocycles. The van der Waals surface area contributed by atoms with Crippen LogP contribution in [0.25, 0.3) is 17.2 Å². The molecule has 1 atom stereocenters. The summed E-state index contributed by atoms with van der Waals surface area (Å²) in [6, 6.07) is 40.8. The fourth-order valence-electron chi connectivity index (χ4n) is 16.5. The van der Waals surface area contributed by atoms with Crippen molar-refractivity contribution < 1.29 is 130 Å². The van der Waals surface area contributed by atoms with Crippen LogP contribution in [-0.2, 0) is 121 Å². The van der Waals surface area contributed by atoms with Crippen LogP contribution >= 0.6 is 15.9 Å². The Labute approximate surface area is 790 Å². The fraction of sp³-hybridized carbons (Fsp3) is 0.434. The van der Waals surface area contributed by atoms with E-state index in [1.807, 2.05) is 81.4 Å². The number of aromatic carboxylic acids is 2. The van der Waals surface area contributed by atoms with Crippen LogP contribution in [0.1, 0.15) is 339 Å². The number of halogens is 1. The monoisotopic (exact) mass is 1910 g/mol. The molecule has 7 aromatic rings. The number of carboxylic acids is 2. The van der Waals surface area contributed by atoms with Gasteiger partial charge in [0.25, 0.3) is 0 Å². The average molecular weight is 1910 g/mol. The number of ether oxygens (including phenoxy) is 8. The molecule has 0 amide bonds. The minimum Gasteiger partial charge on any atom is -0.478 e. The number of ketones is 5. The zero-order valence-corrected chi connectivity index (χ0v) is 83.5. The van der Waals surface area contributed by atoms with E-state index < -0.39 is 29.1 Å². The van der Waals surface area contributed by atoms with Crippen molar-refractivity contribution in [3.63, 3.8) is 0 Å². The van der Waals surface area contributed by atoms with Crippen LogP contribution in [0.4, 0.5) is 0 Å². The molecule has 0 bridgehead atoms. The van der Waals surface area contributed by atoms with Gasteiger partial charge in [0, 0.05) is 76.8 Å². The predicted octanol–water partition coefficient (Wildman–Crippen LogP) is 20.8. The van der Waals surface area contributed by atoms with Crippen molar-refractivity contribution >= 4 is 104 Å². The number of hydrogen-bond acceptors (Lipinski definition) is 21. The Bertz CT molecular complexity index is 5440. The maximum Gasteiger partial charge on any atom is 0.335 e. The Morgan fingerprint density at radius 3 is 1.16 bits per heavy atom. The fourth-order valence-corrected chi connectivity index (χ4v) is 16.6. The number of benzene rings is 7. The van der Waals surface area contributed by atoms with Gasteiger partial charge >= 0.3 is 35.8 Å². The standard InChI is InChI=1S/C26H26O5.C20H28O5.C18H22O3.C16H20O3.C14H16O2.C8H6O3.C4H7BrO2.Zn/c1-4-31-24(28)16-19-13-14-26(2,3)22-15-20(10-11-21(19)22)23(27)12-7-17-5-8-18(9-6-17)25(29)30;1-5-23-17(21)13-20(22)9-8-18(2,3)16-12-14(6-7-15(16)20)19(4)24-10-11-25-19;1-5-21-17(20)11-14-8-9-18(3,4)16-10-13(12(2)19)6-7-15(14)16;1-15(2)7-6-14(17)12-5-4-11(10-13(12)15)16(3)18-8-9-19-16;1-9(15)10-4-5-11-12(8-10)14(2,3)7-6-13(11)16;9-5-6-1-3-7(4-2-6)8(10)11;1-2-7-4(6)3-5;/h5-13,15H,4,14,16H2,1-3H3,(H,29,30);6-7,12,22H,5,8-11,13H2,1-4H3;6-8,10H,5,9,11H2,1-4H3;4-5,10H,6-9H2,1-3H3;4-5,8H,6-7H2,1-3H3;1-5H,(H,10,11);2-3H2,1H3;/b12-7+;;;;;;;. The second kappa shape index (κ2) is 46.7. The molecule has 14 rings (SSSR count). The number of aliphatic hydroxyl groups is 1. The van der Waals surface area contributed by atoms with Gasteiger partial charge in [-0.2, -0.15) is 0 Å². The molecule has 2 heterocycles. The molecule has 3 N–H and O–H groups in total. The minimum absolute atomic E-state index is 0. The van der Waals surface area contributed by atoms with Crippen LogP contribution in [0.15, 0.2) is 158 Å². The molecule has 0 spiro atoms. The van der Waals surface area contributed by atoms with Crippen LogP contribution < -0.4 is 0 Å². The molecule has 131 heavy (non-hydrogen) atoms. The van der Waals surface area contributed by atoms with Crippen molar-refractivity contribution in [3.05, 3.63) is 263 Å². The quantitative estimate of drug-likeness (QED) is 0.0114. The number of aldehydes is 1. The number of rotatable bonds is 21. The Morgan fingerprint density at radius 2 is 0.756 bits per heavy atom. The second-order valence-electron chi connectivity index (χ2n) is 36.4. The number of carbonyl (C=O) groups excluding carboxylic acids is 10. The van der Waals surface area contributed by atoms with Gasteiger partial charge in [0.2, 0.25) is 0 Å². The summed E-state index contributed by atoms with van der Waals surface area (Å²) in [6.45, 7) is 39.6. The first-order valence-electron chi connectivity index (χ1n) is 44.2. The maximum atomic E-state index is 12.8. The number of carboxylic acid groups (broad SMARTS) is 2. The SMILES string of the molecule is CC(=O)c1ccc2c(c1)C(C)(C)CCC2=O.CC1(C)CCC(=O)c2ccc(C3(C)OCCO3)cc21.CCOC(=O)CBr.CCOC(=O)CC1(O)CCC(C)(C)c2cc(C3(C)OCCO3)ccc21.CCOC(=O)CC1=CCC(C)(C)c2cc(C(=O)/C=C/c3ccc(C(=O)O)cc3)ccc21.CCOC(=O)CC1=CCC(C)(C)c2cc(C(C)=O)ccc21.O=Cc1ccc(C(=O)O)cc1.[Zn]. The van der Waals surface area contributed by atoms with Gasteiger partial charge in [-0.3, -0.25) is 47.9 Å². The summed E-state index contributed by atoms with van der Waals surface area (Å²) < 4.78 is 42.7. The molecule has 0 aromatic heterocycles. The summed E-state index contributed by atoms with van der Waals surface area (Å²) in [7, 11) is 0. The molecule has 2 fully saturated rings. The van der Waals surface area contributed by atoms with Gasteiger partial charge in [-0.1, -0.05) is 188 Å². The van der Waals surface area contributed by atoms with E-state index >= 15 is 0 Å². The van der Waals surface area contributed by atoms with Crippen molar-refractivity contribution in [2.24, 2.45) is 0 Å². The first-order chi connectivity index (χ1) is 61.1. The third-order valence-corrected chi connectivity index (χ3v) is 25.0. The van der Waals surface area contributed by atoms with Crippen LogP contribution in [0.5, 0.6) is 0 Å². The molecule has 7 aliphatic rings. The molecule has 0 radical (unpaired) electrons. The number of esters is 4. The molecular weight excluding hydrogens is 1790 g/mol. The Morgan fingerprint density at radius 1 is 0.405 bits per heavy atom. The summed E-state index contributed by atoms with van der Waals surface area (Å²) >= 11 is 2.94. The van der Waals surface area contributed by atoms with Crippen LogP contribution in [0, 0.1) is 0 Å². The number of Topliss-reactive ketones (excluding diaryl/α,β-unsaturated/α-hetero) is 4. The van der Waals surface area contributed by atoms with Gasteiger partial charge in [-0.05, 0) is 243 Å². The summed E-state index contributed by atoms with van der Waals surface area (Å²) in [4.78, 5) is 137. The third-order valence-electron chi connectivity index (χ3n) is 24.5. The van der Waals surface area contributed by atoms with E-state index in [2.05, 4.69) is 114 Å². The molecular formula is C106H125BrO23Zn. The van der Waals surface area contributed by atoms with Crippen molar-refractivity contribution in [1.29, 1.82) is 0 Å². The van der Waals surface area contributed by atoms with Crippen LogP contribution in [0.3, 0.4) is 0 Å². The van der Waals surface area contributed by atoms with E-state index in [1.54, 1.807) is 71.0 Å². The Balaban J connectivity index is 0.000000216. The van der Waals surface area contributed by atoms with E-state index in [-0.39, 0.29) is 130 Å². The van der Waals surface area contributed by atoms with Gasteiger partial charge in [0.15, 0.2) is 40.5 Å². The summed E-state index contributed by atoms with van der Waals surface area (Å²) in [6.07, 6.45) is 14.5. The third kappa shape index (κ3) is 28.3. The Kier molecular flexibility index (Phi) is 38.4. The zero-order chi connectivity index (χ0) is 96.1. The second-order valence-corrected chi connectivity index (χ2v) is 37.0. The number of alkyl halides is 1. The molecule has 7 aromatic carbocycles. The van der Waals surface area contributed by atoms with Crippen molar-refractivity contribution in [3.8, 4) is 0 Å². The maximum absolute atomic E-state index is 12.8. The summed E-state index contributed by atoms with van der Waals surface area (Å²) in [5.41, 5.74) is 15.9. The molecule has 2 saturated heterocycles. The normalized spacial score (nSPS) is 18.1. The molecule has 1 unspecified atom stereocenters. The number of hydrogen-bond donors (Lipinski definition) is 3. The zero-order valence-electron chi connectivity index (χ0n) is 78.9. The first-order valence-corrected chi connectivity index (χ1v) is 45.3. The van der Waals surface area contributed by atoms with Gasteiger partial charge in [-0.15, -0.1) is 0 Å². The van der Waals surface area contributed by atoms with E-state index in [0.29, 0.717) is 100 Å². The summed E-state index contributed by atoms with van der Waals surface area (Å²) in [5, 5.41) is 28.9. The summed E-state index contributed by atoms with van der Waals surface area (Å²) in [5.74, 6) is -3.98. The van der Waals surface area contributed by atoms with Crippen molar-refractivity contribution in [2.45, 2.75) is 240 Å². The van der Waals surface area contributed by atoms with Crippen LogP contribution in [-0.4, -0.2) is 145 Å². The minimum atomic E-state index is -1.19. The van der Waals surface area contributed by atoms with Crippen LogP contribution in [0.2, 0.25) is 0 Å². The molecule has 0 saturated carbocycles. The van der Waals surface area contributed by atoms with E-state index in [4.69, 9.17) is 43.4 Å². The topological polar surface area (TPSA) is 339 Å². The van der Waals surface area contributed by atoms with Gasteiger partial charge in [0.05, 0.1) is 83.2 Å². The van der Waals surface area contributed by atoms with E-state index in [0.717, 1.165) is 121 Å². The van der Waals surface area contributed by atoms with E-state index in [9.17, 15) is 62.6 Å². The first kappa shape index (κ1) is 108. The van der Waals surface area contributed by atoms with Crippen molar-refractivity contribution in [2.75, 3.05) is 58.2 Å². The molecule has 696 valence electrons. The molecule has 2 aliphatic heterocycles. The number of fused-ring (bicyclic) bond motifs is 5. The largest absolute Gasteiger partial charge is 0.478 e. The number of carbonyl (C=O) groups is 12. The van der Waals surface area contributed by atoms with Gasteiger partial charge < -0.3 is 53.2 Å². The molecule has 23 nitrogen and oxygen atoms in total. The van der Waals surface area contributed by atoms with Gasteiger partial charge in [-0.25, -0.2) is 9.59 Å². The molecule has 25 heteroatoms. The van der Waals surface area contributed by atoms with E-state index in [1.165, 1.54) is 42.5 Å². The predicted molar refractivity (Wildman–Crippen MR) is 501 cm³/mol. The smallest absolute Gasteiger partial charge is 0.335 e. The Hall–Kier alpha value is -10.5. The van der Waals surface area contributed by atoms with Gasteiger partial charge in [0.1, 0.15) is 17.2 Å². The average Bonchev–Trinajstić information content (AvgIpc) is 1.44.